The fraction of sp³-hybridized carbons (Fsp3) is 0.316. The Balaban J connectivity index is 1.60. The Labute approximate surface area is 150 Å². The van der Waals surface area contributed by atoms with Crippen molar-refractivity contribution < 1.29 is 23.5 Å². The minimum atomic E-state index is -0.638. The predicted molar refractivity (Wildman–Crippen MR) is 93.6 cm³/mol. The second-order valence-corrected chi connectivity index (χ2v) is 6.05. The summed E-state index contributed by atoms with van der Waals surface area (Å²) in [6, 6.07) is 9.90. The number of hydrogen-bond donors (Lipinski definition) is 1. The topological polar surface area (TPSA) is 88.9 Å². The average molecular weight is 356 g/mol. The smallest absolute Gasteiger partial charge is 0.340 e. The molecular formula is C19H20N2O5. The molecule has 7 heteroatoms. The number of amides is 2. The molecule has 2 amide bonds. The van der Waals surface area contributed by atoms with E-state index in [-0.39, 0.29) is 17.5 Å². The highest BCUT2D eigenvalue weighted by Gasteiger charge is 2.26. The summed E-state index contributed by atoms with van der Waals surface area (Å²) in [7, 11) is 0. The van der Waals surface area contributed by atoms with Gasteiger partial charge in [0.2, 0.25) is 5.91 Å². The van der Waals surface area contributed by atoms with Gasteiger partial charge >= 0.3 is 5.97 Å². The molecule has 1 aliphatic rings. The van der Waals surface area contributed by atoms with Crippen LogP contribution in [-0.4, -0.2) is 30.9 Å². The van der Waals surface area contributed by atoms with Gasteiger partial charge in [-0.15, -0.1) is 0 Å². The maximum absolute atomic E-state index is 12.4. The molecule has 2 heterocycles. The molecule has 7 nitrogen and oxygen atoms in total. The van der Waals surface area contributed by atoms with Crippen LogP contribution in [0, 0.1) is 0 Å². The Morgan fingerprint density at radius 3 is 2.77 bits per heavy atom. The lowest BCUT2D eigenvalue weighted by molar-refractivity contribution is -0.125. The van der Waals surface area contributed by atoms with Crippen LogP contribution in [0.3, 0.4) is 0 Å². The van der Waals surface area contributed by atoms with Crippen LogP contribution >= 0.6 is 0 Å². The summed E-state index contributed by atoms with van der Waals surface area (Å²) in [4.78, 5) is 37.9. The second-order valence-electron chi connectivity index (χ2n) is 6.05. The number of nitrogens with zero attached hydrogens (tertiary/aromatic N) is 1. The Morgan fingerprint density at radius 1 is 1.27 bits per heavy atom. The van der Waals surface area contributed by atoms with E-state index in [0.717, 1.165) is 6.42 Å². The second kappa shape index (κ2) is 7.86. The van der Waals surface area contributed by atoms with Crippen LogP contribution in [0.1, 0.15) is 41.9 Å². The number of nitrogens with one attached hydrogen (secondary N) is 1. The van der Waals surface area contributed by atoms with Gasteiger partial charge in [0.15, 0.2) is 6.61 Å². The molecule has 1 aliphatic heterocycles. The van der Waals surface area contributed by atoms with Gasteiger partial charge in [-0.3, -0.25) is 9.59 Å². The Hall–Kier alpha value is -3.09. The van der Waals surface area contributed by atoms with Crippen molar-refractivity contribution in [2.24, 2.45) is 0 Å². The van der Waals surface area contributed by atoms with E-state index in [1.165, 1.54) is 6.26 Å². The molecule has 0 aliphatic carbocycles. The Bertz CT molecular complexity index is 800. The zero-order valence-electron chi connectivity index (χ0n) is 14.4. The van der Waals surface area contributed by atoms with Crippen molar-refractivity contribution in [1.82, 2.24) is 5.32 Å². The SMILES string of the molecule is C[C@@H](NC(=O)COC(=O)c1ccccc1N1CCCC1=O)c1ccco1. The number of benzene rings is 1. The van der Waals surface area contributed by atoms with Crippen molar-refractivity contribution in [2.45, 2.75) is 25.8 Å². The number of furan rings is 1. The molecule has 1 saturated heterocycles. The van der Waals surface area contributed by atoms with E-state index in [2.05, 4.69) is 5.32 Å². The van der Waals surface area contributed by atoms with E-state index in [1.54, 1.807) is 48.2 Å². The number of carbonyl (C=O) groups excluding carboxylic acids is 3. The van der Waals surface area contributed by atoms with E-state index in [1.807, 2.05) is 0 Å². The first-order valence-electron chi connectivity index (χ1n) is 8.45. The van der Waals surface area contributed by atoms with Crippen molar-refractivity contribution in [3.8, 4) is 0 Å². The molecule has 0 unspecified atom stereocenters. The van der Waals surface area contributed by atoms with Crippen LogP contribution in [0.2, 0.25) is 0 Å². The maximum Gasteiger partial charge on any atom is 0.340 e. The highest BCUT2D eigenvalue weighted by atomic mass is 16.5. The van der Waals surface area contributed by atoms with Crippen molar-refractivity contribution >= 4 is 23.5 Å². The number of ether oxygens (including phenoxy) is 1. The molecule has 3 rings (SSSR count). The fourth-order valence-corrected chi connectivity index (χ4v) is 2.89. The zero-order chi connectivity index (χ0) is 18.5. The number of para-hydroxylation sites is 1. The van der Waals surface area contributed by atoms with Crippen molar-refractivity contribution in [2.75, 3.05) is 18.1 Å². The molecule has 1 aromatic carbocycles. The lowest BCUT2D eigenvalue weighted by atomic mass is 10.1. The molecule has 0 radical (unpaired) electrons. The number of carbonyl (C=O) groups is 3. The van der Waals surface area contributed by atoms with Crippen LogP contribution in [0.5, 0.6) is 0 Å². The number of anilines is 1. The number of hydrogen-bond acceptors (Lipinski definition) is 5. The van der Waals surface area contributed by atoms with E-state index < -0.39 is 18.5 Å². The van der Waals surface area contributed by atoms with Crippen LogP contribution < -0.4 is 10.2 Å². The van der Waals surface area contributed by atoms with Gasteiger partial charge in [0.1, 0.15) is 5.76 Å². The van der Waals surface area contributed by atoms with E-state index in [9.17, 15) is 14.4 Å². The van der Waals surface area contributed by atoms with Crippen molar-refractivity contribution in [1.29, 1.82) is 0 Å². The van der Waals surface area contributed by atoms with Crippen molar-refractivity contribution in [3.05, 3.63) is 54.0 Å². The number of rotatable bonds is 6. The molecule has 26 heavy (non-hydrogen) atoms. The molecule has 136 valence electrons. The monoisotopic (exact) mass is 356 g/mol. The highest BCUT2D eigenvalue weighted by Crippen LogP contribution is 2.26. The van der Waals surface area contributed by atoms with Gasteiger partial charge in [-0.05, 0) is 37.6 Å². The molecule has 1 aromatic heterocycles. The van der Waals surface area contributed by atoms with Gasteiger partial charge in [-0.2, -0.15) is 0 Å². The number of esters is 1. The van der Waals surface area contributed by atoms with E-state index >= 15 is 0 Å². The largest absolute Gasteiger partial charge is 0.467 e. The first kappa shape index (κ1) is 17.7. The van der Waals surface area contributed by atoms with Gasteiger partial charge in [0.25, 0.3) is 5.91 Å². The molecule has 1 N–H and O–H groups in total. The zero-order valence-corrected chi connectivity index (χ0v) is 14.4. The minimum Gasteiger partial charge on any atom is -0.467 e. The molecule has 0 saturated carbocycles. The standard InChI is InChI=1S/C19H20N2O5/c1-13(16-8-5-11-25-16)20-17(22)12-26-19(24)14-6-2-3-7-15(14)21-10-4-9-18(21)23/h2-3,5-8,11,13H,4,9-10,12H2,1H3,(H,20,22)/t13-/m1/s1. The van der Waals surface area contributed by atoms with Crippen LogP contribution in [0.4, 0.5) is 5.69 Å². The van der Waals surface area contributed by atoms with Crippen molar-refractivity contribution in [3.63, 3.8) is 0 Å². The van der Waals surface area contributed by atoms with Gasteiger partial charge in [0.05, 0.1) is 23.6 Å². The molecule has 1 atom stereocenters. The maximum atomic E-state index is 12.4. The van der Waals surface area contributed by atoms with Crippen LogP contribution in [-0.2, 0) is 14.3 Å². The normalized spacial score (nSPS) is 15.0. The molecule has 2 aromatic rings. The van der Waals surface area contributed by atoms with Gasteiger partial charge in [-0.1, -0.05) is 12.1 Å². The van der Waals surface area contributed by atoms with Gasteiger partial charge < -0.3 is 19.4 Å². The van der Waals surface area contributed by atoms with E-state index in [0.29, 0.717) is 24.4 Å². The molecule has 0 bridgehead atoms. The van der Waals surface area contributed by atoms with Gasteiger partial charge in [0, 0.05) is 13.0 Å². The molecule has 0 spiro atoms. The molecular weight excluding hydrogens is 336 g/mol. The Morgan fingerprint density at radius 2 is 2.08 bits per heavy atom. The quantitative estimate of drug-likeness (QED) is 0.803. The third-order valence-corrected chi connectivity index (χ3v) is 4.17. The minimum absolute atomic E-state index is 0.0183. The summed E-state index contributed by atoms with van der Waals surface area (Å²) < 4.78 is 10.3. The summed E-state index contributed by atoms with van der Waals surface area (Å²) in [6.45, 7) is 1.93. The third-order valence-electron chi connectivity index (χ3n) is 4.17. The van der Waals surface area contributed by atoms with Crippen LogP contribution in [0.15, 0.2) is 47.1 Å². The lowest BCUT2D eigenvalue weighted by Crippen LogP contribution is -2.31. The predicted octanol–water partition coefficient (Wildman–Crippen LogP) is 2.44. The summed E-state index contributed by atoms with van der Waals surface area (Å²) in [5.74, 6) is -0.476. The summed E-state index contributed by atoms with van der Waals surface area (Å²) in [5.41, 5.74) is 0.791. The first-order valence-corrected chi connectivity index (χ1v) is 8.45. The first-order chi connectivity index (χ1) is 12.6. The van der Waals surface area contributed by atoms with Crippen LogP contribution in [0.25, 0.3) is 0 Å². The average Bonchev–Trinajstić information content (AvgIpc) is 3.31. The van der Waals surface area contributed by atoms with Gasteiger partial charge in [-0.25, -0.2) is 4.79 Å². The molecule has 1 fully saturated rings. The summed E-state index contributed by atoms with van der Waals surface area (Å²) in [6.07, 6.45) is 2.75. The lowest BCUT2D eigenvalue weighted by Gasteiger charge is -2.19. The summed E-state index contributed by atoms with van der Waals surface area (Å²) in [5, 5.41) is 2.69. The highest BCUT2D eigenvalue weighted by molar-refractivity contribution is 6.03. The fourth-order valence-electron chi connectivity index (χ4n) is 2.89. The summed E-state index contributed by atoms with van der Waals surface area (Å²) >= 11 is 0. The Kier molecular flexibility index (Phi) is 5.36. The third kappa shape index (κ3) is 3.93. The van der Waals surface area contributed by atoms with E-state index in [4.69, 9.17) is 9.15 Å².